The van der Waals surface area contributed by atoms with E-state index in [0.717, 1.165) is 36.9 Å². The topological polar surface area (TPSA) is 76.4 Å². The van der Waals surface area contributed by atoms with Gasteiger partial charge in [-0.3, -0.25) is 4.99 Å². The Balaban J connectivity index is 1.83. The van der Waals surface area contributed by atoms with Gasteiger partial charge in [0.15, 0.2) is 11.8 Å². The zero-order valence-corrected chi connectivity index (χ0v) is 16.1. The summed E-state index contributed by atoms with van der Waals surface area (Å²) >= 11 is 0. The van der Waals surface area contributed by atoms with Crippen LogP contribution < -0.4 is 10.6 Å². The molecule has 0 saturated heterocycles. The molecule has 0 aliphatic heterocycles. The number of aromatic nitrogens is 3. The third-order valence-corrected chi connectivity index (χ3v) is 4.08. The van der Waals surface area contributed by atoms with Gasteiger partial charge in [0.2, 0.25) is 0 Å². The molecule has 7 heteroatoms. The maximum atomic E-state index is 5.78. The van der Waals surface area contributed by atoms with E-state index in [1.54, 1.807) is 24.1 Å². The van der Waals surface area contributed by atoms with Crippen LogP contribution in [0.25, 0.3) is 5.82 Å². The smallest absolute Gasteiger partial charge is 0.191 e. The Morgan fingerprint density at radius 3 is 2.81 bits per heavy atom. The molecule has 1 unspecified atom stereocenters. The molecule has 0 aliphatic rings. The number of hydrogen-bond acceptors (Lipinski definition) is 4. The Bertz CT molecular complexity index is 668. The summed E-state index contributed by atoms with van der Waals surface area (Å²) in [4.78, 5) is 8.63. The van der Waals surface area contributed by atoms with Gasteiger partial charge in [-0.05, 0) is 43.0 Å². The van der Waals surface area contributed by atoms with E-state index in [0.29, 0.717) is 12.5 Å². The van der Waals surface area contributed by atoms with Crippen LogP contribution in [0.15, 0.2) is 41.8 Å². The predicted octanol–water partition coefficient (Wildman–Crippen LogP) is 2.38. The highest BCUT2D eigenvalue weighted by Crippen LogP contribution is 2.10. The minimum absolute atomic E-state index is 0.266. The van der Waals surface area contributed by atoms with Gasteiger partial charge in [0.1, 0.15) is 0 Å². The molecular weight excluding hydrogens is 328 g/mol. The van der Waals surface area contributed by atoms with Gasteiger partial charge in [-0.25, -0.2) is 9.67 Å². The van der Waals surface area contributed by atoms with Crippen molar-refractivity contribution in [3.63, 3.8) is 0 Å². The summed E-state index contributed by atoms with van der Waals surface area (Å²) in [5.74, 6) is 2.08. The van der Waals surface area contributed by atoms with Crippen molar-refractivity contribution >= 4 is 5.96 Å². The lowest BCUT2D eigenvalue weighted by molar-refractivity contribution is 0.0258. The molecule has 0 aromatic carbocycles. The predicted molar refractivity (Wildman–Crippen MR) is 104 cm³/mol. The summed E-state index contributed by atoms with van der Waals surface area (Å²) in [6.45, 7) is 8.64. The number of hydrogen-bond donors (Lipinski definition) is 2. The molecule has 2 heterocycles. The first-order chi connectivity index (χ1) is 12.6. The molecule has 0 aliphatic carbocycles. The molecule has 0 amide bonds. The van der Waals surface area contributed by atoms with E-state index in [2.05, 4.69) is 39.6 Å². The zero-order chi connectivity index (χ0) is 18.8. The summed E-state index contributed by atoms with van der Waals surface area (Å²) in [6, 6.07) is 5.87. The first-order valence-electron chi connectivity index (χ1n) is 9.15. The molecule has 142 valence electrons. The number of aliphatic imine (C=N–C) groups is 1. The third-order valence-electron chi connectivity index (χ3n) is 4.08. The normalized spacial score (nSPS) is 13.0. The van der Waals surface area contributed by atoms with E-state index in [4.69, 9.17) is 4.74 Å². The molecule has 0 spiro atoms. The Kier molecular flexibility index (Phi) is 8.08. The molecule has 0 saturated carbocycles. The molecule has 2 aromatic heterocycles. The Morgan fingerprint density at radius 2 is 2.15 bits per heavy atom. The van der Waals surface area contributed by atoms with E-state index in [1.165, 1.54) is 0 Å². The van der Waals surface area contributed by atoms with E-state index >= 15 is 0 Å². The van der Waals surface area contributed by atoms with E-state index < -0.39 is 0 Å². The second-order valence-electron chi connectivity index (χ2n) is 6.35. The van der Waals surface area contributed by atoms with Crippen LogP contribution in [0.2, 0.25) is 0 Å². The number of nitrogens with one attached hydrogen (secondary N) is 2. The van der Waals surface area contributed by atoms with Crippen molar-refractivity contribution in [2.24, 2.45) is 10.9 Å². The van der Waals surface area contributed by atoms with Crippen LogP contribution in [0, 0.1) is 5.92 Å². The lowest BCUT2D eigenvalue weighted by atomic mass is 10.0. The fourth-order valence-corrected chi connectivity index (χ4v) is 2.66. The second kappa shape index (κ2) is 10.6. The van der Waals surface area contributed by atoms with E-state index in [-0.39, 0.29) is 6.10 Å². The van der Waals surface area contributed by atoms with Crippen LogP contribution in [-0.4, -0.2) is 47.0 Å². The van der Waals surface area contributed by atoms with Crippen LogP contribution in [-0.2, 0) is 11.3 Å². The maximum absolute atomic E-state index is 5.78. The van der Waals surface area contributed by atoms with Crippen LogP contribution in [0.4, 0.5) is 0 Å². The standard InChI is InChI=1S/C19H30N6O/c1-5-26-17(15(2)3)8-11-22-19(20-4)23-14-16-7-10-21-18(13-16)25-12-6-9-24-25/h6-7,9-10,12-13,15,17H,5,8,11,14H2,1-4H3,(H2,20,22,23). The summed E-state index contributed by atoms with van der Waals surface area (Å²) in [7, 11) is 1.78. The summed E-state index contributed by atoms with van der Waals surface area (Å²) in [5, 5.41) is 10.9. The number of ether oxygens (including phenoxy) is 1. The highest BCUT2D eigenvalue weighted by atomic mass is 16.5. The quantitative estimate of drug-likeness (QED) is 0.532. The molecule has 0 fully saturated rings. The molecule has 26 heavy (non-hydrogen) atoms. The fourth-order valence-electron chi connectivity index (χ4n) is 2.66. The molecule has 2 rings (SSSR count). The maximum Gasteiger partial charge on any atom is 0.191 e. The number of nitrogens with zero attached hydrogens (tertiary/aromatic N) is 4. The lowest BCUT2D eigenvalue weighted by Crippen LogP contribution is -2.39. The van der Waals surface area contributed by atoms with Crippen molar-refractivity contribution in [2.45, 2.75) is 39.8 Å². The summed E-state index contributed by atoms with van der Waals surface area (Å²) in [5.41, 5.74) is 1.11. The average Bonchev–Trinajstić information content (AvgIpc) is 3.18. The van der Waals surface area contributed by atoms with E-state index in [9.17, 15) is 0 Å². The molecular formula is C19H30N6O. The number of guanidine groups is 1. The van der Waals surface area contributed by atoms with Gasteiger partial charge in [-0.2, -0.15) is 5.10 Å². The average molecular weight is 358 g/mol. The third kappa shape index (κ3) is 6.15. The molecule has 7 nitrogen and oxygen atoms in total. The van der Waals surface area contributed by atoms with Gasteiger partial charge in [-0.15, -0.1) is 0 Å². The van der Waals surface area contributed by atoms with Crippen LogP contribution in [0.3, 0.4) is 0 Å². The number of rotatable bonds is 9. The SMILES string of the molecule is CCOC(CCNC(=NC)NCc1ccnc(-n2cccn2)c1)C(C)C. The molecule has 1 atom stereocenters. The van der Waals surface area contributed by atoms with Crippen LogP contribution in [0.1, 0.15) is 32.8 Å². The van der Waals surface area contributed by atoms with Crippen LogP contribution in [0.5, 0.6) is 0 Å². The van der Waals surface area contributed by atoms with Gasteiger partial charge in [0, 0.05) is 45.3 Å². The molecule has 0 radical (unpaired) electrons. The van der Waals surface area contributed by atoms with Crippen molar-refractivity contribution in [1.29, 1.82) is 0 Å². The van der Waals surface area contributed by atoms with Gasteiger partial charge < -0.3 is 15.4 Å². The van der Waals surface area contributed by atoms with Gasteiger partial charge in [0.05, 0.1) is 6.10 Å². The molecule has 2 aromatic rings. The Hall–Kier alpha value is -2.41. The summed E-state index contributed by atoms with van der Waals surface area (Å²) in [6.07, 6.45) is 6.63. The Morgan fingerprint density at radius 1 is 1.31 bits per heavy atom. The number of pyridine rings is 1. The summed E-state index contributed by atoms with van der Waals surface area (Å²) < 4.78 is 7.53. The lowest BCUT2D eigenvalue weighted by Gasteiger charge is -2.21. The van der Waals surface area contributed by atoms with Gasteiger partial charge >= 0.3 is 0 Å². The van der Waals surface area contributed by atoms with Gasteiger partial charge in [-0.1, -0.05) is 13.8 Å². The Labute approximate surface area is 155 Å². The van der Waals surface area contributed by atoms with Crippen molar-refractivity contribution < 1.29 is 4.74 Å². The molecule has 0 bridgehead atoms. The van der Waals surface area contributed by atoms with Gasteiger partial charge in [0.25, 0.3) is 0 Å². The molecule has 2 N–H and O–H groups in total. The highest BCUT2D eigenvalue weighted by Gasteiger charge is 2.13. The van der Waals surface area contributed by atoms with Crippen LogP contribution >= 0.6 is 0 Å². The minimum Gasteiger partial charge on any atom is -0.378 e. The fraction of sp³-hybridized carbons (Fsp3) is 0.526. The monoisotopic (exact) mass is 358 g/mol. The first-order valence-corrected chi connectivity index (χ1v) is 9.15. The second-order valence-corrected chi connectivity index (χ2v) is 6.35. The zero-order valence-electron chi connectivity index (χ0n) is 16.1. The van der Waals surface area contributed by atoms with Crippen molar-refractivity contribution in [1.82, 2.24) is 25.4 Å². The van der Waals surface area contributed by atoms with Crippen molar-refractivity contribution in [2.75, 3.05) is 20.2 Å². The largest absolute Gasteiger partial charge is 0.378 e. The van der Waals surface area contributed by atoms with Crippen molar-refractivity contribution in [3.8, 4) is 5.82 Å². The van der Waals surface area contributed by atoms with E-state index in [1.807, 2.05) is 31.3 Å². The van der Waals surface area contributed by atoms with Crippen molar-refractivity contribution in [3.05, 3.63) is 42.4 Å². The first kappa shape index (κ1) is 19.9. The highest BCUT2D eigenvalue weighted by molar-refractivity contribution is 5.79. The minimum atomic E-state index is 0.266.